The summed E-state index contributed by atoms with van der Waals surface area (Å²) in [6.07, 6.45) is 0.431. The fourth-order valence-electron chi connectivity index (χ4n) is 3.25. The van der Waals surface area contributed by atoms with Crippen LogP contribution in [0.1, 0.15) is 37.4 Å². The Balaban J connectivity index is 1.91. The third kappa shape index (κ3) is 7.17. The van der Waals surface area contributed by atoms with Crippen LogP contribution in [0.2, 0.25) is 0 Å². The normalized spacial score (nSPS) is 12.6. The van der Waals surface area contributed by atoms with Gasteiger partial charge in [-0.1, -0.05) is 32.9 Å². The van der Waals surface area contributed by atoms with E-state index < -0.39 is 21.8 Å². The second-order valence-corrected chi connectivity index (χ2v) is 10.9. The molecule has 0 aliphatic carbocycles. The maximum absolute atomic E-state index is 12.8. The van der Waals surface area contributed by atoms with E-state index in [2.05, 4.69) is 5.32 Å². The third-order valence-electron chi connectivity index (χ3n) is 5.13. The molecule has 1 amide bonds. The molecule has 0 aliphatic heterocycles. The molecule has 0 radical (unpaired) electrons. The number of hydrogen-bond acceptors (Lipinski definition) is 7. The van der Waals surface area contributed by atoms with E-state index >= 15 is 0 Å². The van der Waals surface area contributed by atoms with Gasteiger partial charge in [0.05, 0.1) is 31.6 Å². The third-order valence-corrected chi connectivity index (χ3v) is 6.58. The Labute approximate surface area is 209 Å². The van der Waals surface area contributed by atoms with Crippen molar-refractivity contribution < 1.29 is 27.2 Å². The molecule has 0 fully saturated rings. The molecule has 11 heteroatoms. The summed E-state index contributed by atoms with van der Waals surface area (Å²) in [6.45, 7) is 5.51. The molecular weight excluding hydrogens is 490 g/mol. The van der Waals surface area contributed by atoms with Crippen LogP contribution >= 0.6 is 11.3 Å². The van der Waals surface area contributed by atoms with E-state index in [0.29, 0.717) is 23.6 Å². The molecule has 1 heterocycles. The van der Waals surface area contributed by atoms with Crippen LogP contribution in [0.4, 0.5) is 5.69 Å². The number of rotatable bonds is 9. The van der Waals surface area contributed by atoms with Crippen molar-refractivity contribution in [1.82, 2.24) is 10.3 Å². The van der Waals surface area contributed by atoms with Crippen molar-refractivity contribution in [2.24, 2.45) is 5.41 Å². The predicted octanol–water partition coefficient (Wildman–Crippen LogP) is 4.49. The van der Waals surface area contributed by atoms with E-state index in [-0.39, 0.29) is 11.6 Å². The summed E-state index contributed by atoms with van der Waals surface area (Å²) in [5.74, 6) is 1.17. The number of carbonyl (C=O) groups is 1. The Morgan fingerprint density at radius 1 is 1.11 bits per heavy atom. The topological polar surface area (TPSA) is 127 Å². The van der Waals surface area contributed by atoms with Crippen molar-refractivity contribution in [3.8, 4) is 22.8 Å². The summed E-state index contributed by atoms with van der Waals surface area (Å²) in [5, 5.41) is 5.72. The second kappa shape index (κ2) is 10.6. The van der Waals surface area contributed by atoms with Gasteiger partial charge in [0, 0.05) is 22.4 Å². The summed E-state index contributed by atoms with van der Waals surface area (Å²) < 4.78 is 43.8. The molecule has 9 nitrogen and oxygen atoms in total. The summed E-state index contributed by atoms with van der Waals surface area (Å²) in [6, 6.07) is 11.6. The van der Waals surface area contributed by atoms with Gasteiger partial charge in [0.25, 0.3) is 0 Å². The van der Waals surface area contributed by atoms with Gasteiger partial charge >= 0.3 is 10.3 Å². The number of thiazole rings is 1. The highest BCUT2D eigenvalue weighted by Crippen LogP contribution is 2.35. The maximum atomic E-state index is 12.8. The molecule has 2 aromatic carbocycles. The average Bonchev–Trinajstić information content (AvgIpc) is 3.27. The van der Waals surface area contributed by atoms with Crippen molar-refractivity contribution in [2.75, 3.05) is 18.9 Å². The zero-order chi connectivity index (χ0) is 25.8. The molecule has 0 spiro atoms. The Morgan fingerprint density at radius 3 is 2.37 bits per heavy atom. The van der Waals surface area contributed by atoms with Gasteiger partial charge in [-0.15, -0.1) is 11.3 Å². The van der Waals surface area contributed by atoms with Crippen molar-refractivity contribution in [1.29, 1.82) is 0 Å². The van der Waals surface area contributed by atoms with Crippen LogP contribution in [-0.2, 0) is 21.5 Å². The number of methoxy groups -OCH3 is 2. The lowest BCUT2D eigenvalue weighted by Crippen LogP contribution is -2.38. The molecule has 1 atom stereocenters. The number of anilines is 1. The number of hydrogen-bond donors (Lipinski definition) is 3. The number of nitrogens with one attached hydrogen (secondary N) is 2. The first-order valence-corrected chi connectivity index (χ1v) is 13.0. The maximum Gasteiger partial charge on any atom is 0.357 e. The molecule has 188 valence electrons. The van der Waals surface area contributed by atoms with Crippen LogP contribution in [0.15, 0.2) is 47.8 Å². The van der Waals surface area contributed by atoms with Crippen LogP contribution in [0.5, 0.6) is 11.5 Å². The number of aromatic nitrogens is 1. The van der Waals surface area contributed by atoms with E-state index in [0.717, 1.165) is 16.1 Å². The smallest absolute Gasteiger partial charge is 0.357 e. The van der Waals surface area contributed by atoms with Gasteiger partial charge in [-0.25, -0.2) is 4.98 Å². The molecule has 3 rings (SSSR count). The van der Waals surface area contributed by atoms with Gasteiger partial charge in [0.2, 0.25) is 5.91 Å². The second-order valence-electron chi connectivity index (χ2n) is 8.89. The van der Waals surface area contributed by atoms with Gasteiger partial charge in [-0.3, -0.25) is 14.1 Å². The van der Waals surface area contributed by atoms with E-state index in [9.17, 15) is 13.2 Å². The molecule has 0 aliphatic rings. The van der Waals surface area contributed by atoms with Gasteiger partial charge in [-0.05, 0) is 36.2 Å². The van der Waals surface area contributed by atoms with Crippen LogP contribution in [0, 0.1) is 5.41 Å². The molecule has 3 aromatic rings. The van der Waals surface area contributed by atoms with Crippen LogP contribution in [0.25, 0.3) is 11.3 Å². The number of amides is 1. The van der Waals surface area contributed by atoms with Crippen LogP contribution < -0.4 is 19.5 Å². The summed E-state index contributed by atoms with van der Waals surface area (Å²) in [5.41, 5.74) is 2.00. The largest absolute Gasteiger partial charge is 0.497 e. The fraction of sp³-hybridized carbons (Fsp3) is 0.333. The number of benzene rings is 2. The minimum Gasteiger partial charge on any atom is -0.497 e. The Morgan fingerprint density at radius 2 is 1.80 bits per heavy atom. The standard InChI is InChI=1S/C24H29N3O6S2/c1-24(2,3)23(28)26-19(12-15-6-8-16(9-7-15)27-35(29,30)31)22-25-20(14-34-22)18-11-10-17(32-4)13-21(18)33-5/h6-11,13-14,19,27H,12H2,1-5H3,(H,26,28)(H,29,30,31)/t19-/m0/s1. The highest BCUT2D eigenvalue weighted by atomic mass is 32.2. The lowest BCUT2D eigenvalue weighted by Gasteiger charge is -2.23. The first-order chi connectivity index (χ1) is 16.4. The summed E-state index contributed by atoms with van der Waals surface area (Å²) in [4.78, 5) is 17.6. The van der Waals surface area contributed by atoms with Crippen LogP contribution in [0.3, 0.4) is 0 Å². The number of carbonyl (C=O) groups excluding carboxylic acids is 1. The van der Waals surface area contributed by atoms with Crippen LogP contribution in [-0.4, -0.2) is 38.1 Å². The predicted molar refractivity (Wildman–Crippen MR) is 136 cm³/mol. The van der Waals surface area contributed by atoms with E-state index in [4.69, 9.17) is 19.0 Å². The molecule has 3 N–H and O–H groups in total. The highest BCUT2D eigenvalue weighted by Gasteiger charge is 2.27. The van der Waals surface area contributed by atoms with E-state index in [1.165, 1.54) is 11.3 Å². The minimum atomic E-state index is -4.36. The molecule has 0 unspecified atom stereocenters. The van der Waals surface area contributed by atoms with Gasteiger partial charge in [-0.2, -0.15) is 8.42 Å². The van der Waals surface area contributed by atoms with Crippen molar-refractivity contribution in [2.45, 2.75) is 33.2 Å². The molecule has 0 bridgehead atoms. The van der Waals surface area contributed by atoms with Gasteiger partial charge < -0.3 is 14.8 Å². The van der Waals surface area contributed by atoms with Gasteiger partial charge in [0.15, 0.2) is 0 Å². The Kier molecular flexibility index (Phi) is 8.04. The lowest BCUT2D eigenvalue weighted by atomic mass is 9.94. The highest BCUT2D eigenvalue weighted by molar-refractivity contribution is 7.87. The van der Waals surface area contributed by atoms with Crippen molar-refractivity contribution in [3.05, 3.63) is 58.4 Å². The first kappa shape index (κ1) is 26.5. The molecule has 1 aromatic heterocycles. The summed E-state index contributed by atoms with van der Waals surface area (Å²) >= 11 is 1.43. The number of ether oxygens (including phenoxy) is 2. The monoisotopic (exact) mass is 519 g/mol. The zero-order valence-corrected chi connectivity index (χ0v) is 21.8. The molecule has 0 saturated heterocycles. The first-order valence-electron chi connectivity index (χ1n) is 10.7. The average molecular weight is 520 g/mol. The lowest BCUT2D eigenvalue weighted by molar-refractivity contribution is -0.129. The molecular formula is C24H29N3O6S2. The number of nitrogens with zero attached hydrogens (tertiary/aromatic N) is 1. The molecule has 0 saturated carbocycles. The fourth-order valence-corrected chi connectivity index (χ4v) is 4.55. The van der Waals surface area contributed by atoms with E-state index in [1.54, 1.807) is 44.6 Å². The van der Waals surface area contributed by atoms with Crippen molar-refractivity contribution in [3.63, 3.8) is 0 Å². The molecule has 35 heavy (non-hydrogen) atoms. The summed E-state index contributed by atoms with van der Waals surface area (Å²) in [7, 11) is -1.19. The van der Waals surface area contributed by atoms with E-state index in [1.807, 2.05) is 43.0 Å². The Bertz CT molecular complexity index is 1280. The minimum absolute atomic E-state index is 0.120. The zero-order valence-electron chi connectivity index (χ0n) is 20.2. The Hall–Kier alpha value is -3.15. The van der Waals surface area contributed by atoms with Gasteiger partial charge in [0.1, 0.15) is 16.5 Å². The quantitative estimate of drug-likeness (QED) is 0.356. The van der Waals surface area contributed by atoms with Crippen molar-refractivity contribution >= 4 is 33.2 Å². The SMILES string of the molecule is COc1ccc(-c2csc([C@H](Cc3ccc(NS(=O)(=O)O)cc3)NC(=O)C(C)(C)C)n2)c(OC)c1.